The predicted octanol–water partition coefficient (Wildman–Crippen LogP) is 1.67. The van der Waals surface area contributed by atoms with Crippen LogP contribution >= 0.6 is 12.6 Å². The molecule has 2 N–H and O–H groups in total. The summed E-state index contributed by atoms with van der Waals surface area (Å²) in [7, 11) is 1.86. The summed E-state index contributed by atoms with van der Waals surface area (Å²) in [4.78, 5) is 41.5. The van der Waals surface area contributed by atoms with Gasteiger partial charge in [0.1, 0.15) is 17.9 Å². The molecule has 1 amide bonds. The number of non-ortho nitro benzene ring substituents is 1. The first-order chi connectivity index (χ1) is 15.0. The van der Waals surface area contributed by atoms with Crippen molar-refractivity contribution >= 4 is 36.0 Å². The molecule has 168 valence electrons. The molecule has 1 aromatic carbocycles. The van der Waals surface area contributed by atoms with Crippen LogP contribution in [0.1, 0.15) is 19.4 Å². The number of aliphatic hydroxyl groups excluding tert-OH is 1. The van der Waals surface area contributed by atoms with Crippen molar-refractivity contribution in [3.63, 3.8) is 0 Å². The number of carbonyl (C=O) groups is 2. The van der Waals surface area contributed by atoms with Crippen molar-refractivity contribution in [3.8, 4) is 0 Å². The standard InChI is InChI=1S/C21H22N4O6S/c1-11(26)15-17-21(25(3)9-8-22-12(25)2,10-13-4-6-14(7-5-13)24(30)31)18(32)16(20(28)29)23(17)19(15)27/h4-9,11,15,17,26H,10H2,1-3H3,(H-,28,29,32)/p+1/t11-,15+,17?,21?,25?/m1/s1. The van der Waals surface area contributed by atoms with Crippen LogP contribution in [0.25, 0.3) is 0 Å². The number of hydrogen-bond acceptors (Lipinski definition) is 7. The second-order valence-electron chi connectivity index (χ2n) is 8.50. The fourth-order valence-corrected chi connectivity index (χ4v) is 5.85. The summed E-state index contributed by atoms with van der Waals surface area (Å²) in [5, 5.41) is 31.4. The highest BCUT2D eigenvalue weighted by molar-refractivity contribution is 7.84. The topological polar surface area (TPSA) is 133 Å². The van der Waals surface area contributed by atoms with Gasteiger partial charge in [-0.05, 0) is 12.5 Å². The molecule has 1 fully saturated rings. The third-order valence-electron chi connectivity index (χ3n) is 6.98. The van der Waals surface area contributed by atoms with Crippen LogP contribution in [-0.2, 0) is 16.0 Å². The van der Waals surface area contributed by atoms with Gasteiger partial charge in [0.2, 0.25) is 11.7 Å². The number of aliphatic hydroxyl groups is 1. The molecule has 3 aliphatic heterocycles. The fraction of sp³-hybridized carbons (Fsp3) is 0.381. The summed E-state index contributed by atoms with van der Waals surface area (Å²) < 4.78 is 0.0528. The zero-order valence-corrected chi connectivity index (χ0v) is 18.6. The highest BCUT2D eigenvalue weighted by atomic mass is 32.1. The third kappa shape index (κ3) is 2.71. The molecule has 32 heavy (non-hydrogen) atoms. The molecule has 0 radical (unpaired) electrons. The maximum absolute atomic E-state index is 12.9. The smallest absolute Gasteiger partial charge is 0.353 e. The molecule has 3 aliphatic rings. The number of amidine groups is 1. The average Bonchev–Trinajstić information content (AvgIpc) is 3.17. The lowest BCUT2D eigenvalue weighted by Crippen LogP contribution is -2.77. The van der Waals surface area contributed by atoms with E-state index in [-0.39, 0.29) is 27.2 Å². The Labute approximate surface area is 189 Å². The third-order valence-corrected chi connectivity index (χ3v) is 7.57. The number of β-lactam (4-membered cyclic amide) rings is 1. The fourth-order valence-electron chi connectivity index (χ4n) is 5.22. The van der Waals surface area contributed by atoms with E-state index in [2.05, 4.69) is 17.6 Å². The van der Waals surface area contributed by atoms with Crippen LogP contribution in [0.15, 0.2) is 52.3 Å². The van der Waals surface area contributed by atoms with Crippen molar-refractivity contribution in [1.82, 2.24) is 4.90 Å². The summed E-state index contributed by atoms with van der Waals surface area (Å²) in [6.45, 7) is 3.31. The van der Waals surface area contributed by atoms with Crippen LogP contribution in [-0.4, -0.2) is 67.0 Å². The Kier molecular flexibility index (Phi) is 5.03. The number of aliphatic imine (C=N–C) groups is 1. The number of amides is 1. The number of fused-ring (bicyclic) bond motifs is 1. The van der Waals surface area contributed by atoms with Crippen LogP contribution in [0.2, 0.25) is 0 Å². The second kappa shape index (κ2) is 7.26. The van der Waals surface area contributed by atoms with Crippen molar-refractivity contribution in [3.05, 3.63) is 62.9 Å². The van der Waals surface area contributed by atoms with Gasteiger partial charge in [-0.15, -0.1) is 12.6 Å². The van der Waals surface area contributed by atoms with Crippen LogP contribution in [0.5, 0.6) is 0 Å². The van der Waals surface area contributed by atoms with Crippen molar-refractivity contribution < 1.29 is 29.2 Å². The van der Waals surface area contributed by atoms with E-state index < -0.39 is 40.4 Å². The Morgan fingerprint density at radius 2 is 2.03 bits per heavy atom. The summed E-state index contributed by atoms with van der Waals surface area (Å²) in [5.41, 5.74) is -0.689. The summed E-state index contributed by atoms with van der Waals surface area (Å²) in [5.74, 6) is -1.92. The van der Waals surface area contributed by atoms with Crippen molar-refractivity contribution in [2.24, 2.45) is 10.9 Å². The number of carbonyl (C=O) groups excluding carboxylic acids is 1. The van der Waals surface area contributed by atoms with E-state index in [9.17, 15) is 29.9 Å². The van der Waals surface area contributed by atoms with E-state index in [0.717, 1.165) is 0 Å². The van der Waals surface area contributed by atoms with Gasteiger partial charge in [0, 0.05) is 25.5 Å². The van der Waals surface area contributed by atoms with Crippen LogP contribution < -0.4 is 0 Å². The minimum Gasteiger partial charge on any atom is -0.477 e. The zero-order chi connectivity index (χ0) is 23.6. The maximum Gasteiger partial charge on any atom is 0.353 e. The first-order valence-corrected chi connectivity index (χ1v) is 10.4. The van der Waals surface area contributed by atoms with Crippen LogP contribution in [0.3, 0.4) is 0 Å². The number of benzene rings is 1. The molecular formula is C21H23N4O6S+. The minimum absolute atomic E-state index is 0.0528. The van der Waals surface area contributed by atoms with E-state index in [1.54, 1.807) is 25.3 Å². The van der Waals surface area contributed by atoms with E-state index in [0.29, 0.717) is 11.4 Å². The lowest BCUT2D eigenvalue weighted by atomic mass is 9.69. The summed E-state index contributed by atoms with van der Waals surface area (Å²) in [6, 6.07) is 5.30. The number of nitro groups is 1. The van der Waals surface area contributed by atoms with Crippen LogP contribution in [0.4, 0.5) is 5.69 Å². The van der Waals surface area contributed by atoms with Gasteiger partial charge in [0.05, 0.1) is 35.1 Å². The highest BCUT2D eigenvalue weighted by Crippen LogP contribution is 2.57. The average molecular weight is 460 g/mol. The van der Waals surface area contributed by atoms with Gasteiger partial charge in [-0.3, -0.25) is 19.8 Å². The normalized spacial score (nSPS) is 32.0. The van der Waals surface area contributed by atoms with Gasteiger partial charge in [-0.1, -0.05) is 12.1 Å². The van der Waals surface area contributed by atoms with Gasteiger partial charge in [-0.25, -0.2) is 14.3 Å². The van der Waals surface area contributed by atoms with E-state index in [1.807, 2.05) is 13.2 Å². The number of aliphatic carboxylic acids is 1. The Balaban J connectivity index is 1.95. The Morgan fingerprint density at radius 1 is 1.41 bits per heavy atom. The van der Waals surface area contributed by atoms with E-state index >= 15 is 0 Å². The van der Waals surface area contributed by atoms with Gasteiger partial charge in [0.25, 0.3) is 5.69 Å². The number of thiol groups is 1. The Hall–Kier alpha value is -3.02. The molecule has 11 heteroatoms. The van der Waals surface area contributed by atoms with Gasteiger partial charge in [0.15, 0.2) is 5.54 Å². The van der Waals surface area contributed by atoms with Crippen molar-refractivity contribution in [1.29, 1.82) is 0 Å². The lowest BCUT2D eigenvalue weighted by Gasteiger charge is -2.55. The van der Waals surface area contributed by atoms with E-state index in [4.69, 9.17) is 0 Å². The molecule has 3 unspecified atom stereocenters. The maximum atomic E-state index is 12.9. The number of nitrogens with zero attached hydrogens (tertiary/aromatic N) is 4. The molecule has 0 aliphatic carbocycles. The molecule has 1 saturated heterocycles. The molecule has 5 atom stereocenters. The summed E-state index contributed by atoms with van der Waals surface area (Å²) >= 11 is 4.68. The number of likely N-dealkylation sites (N-methyl/N-ethyl adjacent to an activating group) is 1. The molecule has 3 heterocycles. The second-order valence-corrected chi connectivity index (χ2v) is 8.94. The number of carboxylic acid groups (broad SMARTS) is 1. The van der Waals surface area contributed by atoms with Gasteiger partial charge in [-0.2, -0.15) is 0 Å². The number of quaternary nitrogens is 1. The number of rotatable bonds is 6. The Morgan fingerprint density at radius 3 is 2.50 bits per heavy atom. The minimum atomic E-state index is -1.28. The van der Waals surface area contributed by atoms with Gasteiger partial charge < -0.3 is 10.2 Å². The first kappa shape index (κ1) is 22.2. The quantitative estimate of drug-likeness (QED) is 0.195. The van der Waals surface area contributed by atoms with Crippen molar-refractivity contribution in [2.75, 3.05) is 7.05 Å². The van der Waals surface area contributed by atoms with Gasteiger partial charge >= 0.3 is 5.97 Å². The molecule has 0 bridgehead atoms. The number of nitro benzene ring substituents is 1. The zero-order valence-electron chi connectivity index (χ0n) is 17.7. The number of hydrogen-bond donors (Lipinski definition) is 3. The largest absolute Gasteiger partial charge is 0.477 e. The molecule has 4 rings (SSSR count). The SMILES string of the molecule is CC1=NC=C[N+]1(C)C1(Cc2ccc([N+](=O)[O-])cc2)C(S)=C(C(=O)O)N2C(=O)[C@@H]([C@@H](C)O)C21. The molecule has 10 nitrogen and oxygen atoms in total. The highest BCUT2D eigenvalue weighted by Gasteiger charge is 2.74. The number of carboxylic acids is 1. The molecule has 0 spiro atoms. The molecule has 1 aromatic rings. The van der Waals surface area contributed by atoms with Crippen LogP contribution in [0, 0.1) is 16.0 Å². The van der Waals surface area contributed by atoms with E-state index in [1.165, 1.54) is 24.0 Å². The molecule has 0 saturated carbocycles. The predicted molar refractivity (Wildman–Crippen MR) is 117 cm³/mol. The first-order valence-electron chi connectivity index (χ1n) is 9.98. The lowest BCUT2D eigenvalue weighted by molar-refractivity contribution is -0.821. The molecule has 0 aromatic heterocycles. The summed E-state index contributed by atoms with van der Waals surface area (Å²) in [6.07, 6.45) is 2.63. The van der Waals surface area contributed by atoms with Crippen molar-refractivity contribution in [2.45, 2.75) is 38.0 Å². The molecular weight excluding hydrogens is 436 g/mol. The monoisotopic (exact) mass is 459 g/mol. The Bertz CT molecular complexity index is 1130.